The number of urea groups is 1. The van der Waals surface area contributed by atoms with Gasteiger partial charge in [-0.15, -0.1) is 0 Å². The van der Waals surface area contributed by atoms with E-state index in [0.29, 0.717) is 49.3 Å². The predicted molar refractivity (Wildman–Crippen MR) is 211 cm³/mol. The third-order valence-corrected chi connectivity index (χ3v) is 12.4. The van der Waals surface area contributed by atoms with E-state index in [0.717, 1.165) is 11.1 Å². The molecule has 2 aliphatic heterocycles. The van der Waals surface area contributed by atoms with Gasteiger partial charge in [0.1, 0.15) is 27.6 Å². The third-order valence-electron chi connectivity index (χ3n) is 9.69. The van der Waals surface area contributed by atoms with Crippen molar-refractivity contribution in [3.8, 4) is 5.75 Å². The number of nitrogens with zero attached hydrogens (tertiary/aromatic N) is 4. The Morgan fingerprint density at radius 2 is 1.47 bits per heavy atom. The third kappa shape index (κ3) is 8.48. The van der Waals surface area contributed by atoms with E-state index in [1.54, 1.807) is 54.8 Å². The second-order valence-corrected chi connectivity index (χ2v) is 17.5. The molecule has 2 atom stereocenters. The minimum atomic E-state index is -4.15. The number of carbonyl (C=O) groups is 2. The van der Waals surface area contributed by atoms with Gasteiger partial charge in [0.25, 0.3) is 0 Å². The minimum Gasteiger partial charge on any atom is -0.493 e. The van der Waals surface area contributed by atoms with Crippen molar-refractivity contribution in [1.82, 2.24) is 24.7 Å². The molecule has 0 bridgehead atoms. The second-order valence-electron chi connectivity index (χ2n) is 14.6. The molecule has 2 N–H and O–H groups in total. The zero-order chi connectivity index (χ0) is 38.9. The zero-order valence-corrected chi connectivity index (χ0v) is 34.2. The van der Waals surface area contributed by atoms with E-state index in [1.807, 2.05) is 45.0 Å². The van der Waals surface area contributed by atoms with Crippen molar-refractivity contribution in [2.45, 2.75) is 70.0 Å². The second kappa shape index (κ2) is 15.8. The number of rotatable bonds is 10. The lowest BCUT2D eigenvalue weighted by Crippen LogP contribution is -2.61. The Hall–Kier alpha value is -3.39. The van der Waals surface area contributed by atoms with Gasteiger partial charge in [-0.25, -0.2) is 17.9 Å². The molecular formula is C38H47Cl3N6O5S. The van der Waals surface area contributed by atoms with Gasteiger partial charge in [-0.05, 0) is 83.0 Å². The molecular weight excluding hydrogens is 759 g/mol. The van der Waals surface area contributed by atoms with Crippen LogP contribution in [0, 0.1) is 0 Å². The standard InChI is InChI=1S/C38H47Cl3N6O5S/c1-8-52-32-24-31(41)33(53(50,51)44-36(3,4)5)23-30(32)34-43-37(6,26-9-13-28(39)14-10-26)38(7,27-11-15-29(40)16-12-27)47(34)35(49)46-21-19-45(20-22-46)18-17-42-25(2)48/h9-16,23-24,44H,8,17-22H2,1-7H3,(H,42,48)/t37-,38+/m0/s1. The highest BCUT2D eigenvalue weighted by atomic mass is 35.5. The Morgan fingerprint density at radius 1 is 0.906 bits per heavy atom. The summed E-state index contributed by atoms with van der Waals surface area (Å²) in [5, 5.41) is 3.85. The van der Waals surface area contributed by atoms with Gasteiger partial charge in [-0.1, -0.05) is 59.1 Å². The van der Waals surface area contributed by atoms with Crippen molar-refractivity contribution in [2.24, 2.45) is 4.99 Å². The first kappa shape index (κ1) is 40.8. The molecule has 2 aliphatic rings. The number of benzene rings is 3. The Labute approximate surface area is 327 Å². The van der Waals surface area contributed by atoms with E-state index >= 15 is 4.79 Å². The van der Waals surface area contributed by atoms with Crippen LogP contribution in [0.5, 0.6) is 5.75 Å². The Kier molecular flexibility index (Phi) is 12.1. The van der Waals surface area contributed by atoms with Crippen LogP contribution >= 0.6 is 34.8 Å². The first-order chi connectivity index (χ1) is 24.8. The number of piperazine rings is 1. The van der Waals surface area contributed by atoms with Crippen LogP contribution in [0.15, 0.2) is 70.6 Å². The fourth-order valence-corrected chi connectivity index (χ4v) is 9.13. The number of ether oxygens (including phenoxy) is 1. The number of sulfonamides is 1. The molecule has 0 radical (unpaired) electrons. The summed E-state index contributed by atoms with van der Waals surface area (Å²) < 4.78 is 36.5. The number of carbonyl (C=O) groups excluding carboxylic acids is 2. The SMILES string of the molecule is CCOc1cc(Cl)c(S(=O)(=O)NC(C)(C)C)cc1C1=N[C@@](C)(c2ccc(Cl)cc2)[C@@](C)(c2ccc(Cl)cc2)N1C(=O)N1CCN(CCNC(C)=O)CC1. The fourth-order valence-electron chi connectivity index (χ4n) is 6.91. The van der Waals surface area contributed by atoms with E-state index in [2.05, 4.69) is 14.9 Å². The smallest absolute Gasteiger partial charge is 0.326 e. The maximum Gasteiger partial charge on any atom is 0.326 e. The lowest BCUT2D eigenvalue weighted by Gasteiger charge is -2.47. The summed E-state index contributed by atoms with van der Waals surface area (Å²) in [6.07, 6.45) is 0. The minimum absolute atomic E-state index is 0.0401. The van der Waals surface area contributed by atoms with Gasteiger partial charge < -0.3 is 15.0 Å². The number of nitrogens with one attached hydrogen (secondary N) is 2. The number of amidine groups is 1. The van der Waals surface area contributed by atoms with Crippen molar-refractivity contribution < 1.29 is 22.7 Å². The molecule has 11 nitrogen and oxygen atoms in total. The van der Waals surface area contributed by atoms with Crippen molar-refractivity contribution in [2.75, 3.05) is 45.9 Å². The molecule has 0 saturated carbocycles. The van der Waals surface area contributed by atoms with Crippen LogP contribution in [-0.2, 0) is 25.9 Å². The van der Waals surface area contributed by atoms with Crippen molar-refractivity contribution >= 4 is 62.6 Å². The van der Waals surface area contributed by atoms with E-state index < -0.39 is 26.6 Å². The van der Waals surface area contributed by atoms with Crippen LogP contribution in [0.4, 0.5) is 4.79 Å². The van der Waals surface area contributed by atoms with Crippen molar-refractivity contribution in [3.63, 3.8) is 0 Å². The van der Waals surface area contributed by atoms with Gasteiger partial charge in [-0.2, -0.15) is 0 Å². The van der Waals surface area contributed by atoms with Gasteiger partial charge in [-0.3, -0.25) is 19.6 Å². The molecule has 15 heteroatoms. The van der Waals surface area contributed by atoms with Gasteiger partial charge in [0.2, 0.25) is 15.9 Å². The molecule has 53 heavy (non-hydrogen) atoms. The monoisotopic (exact) mass is 804 g/mol. The molecule has 0 unspecified atom stereocenters. The van der Waals surface area contributed by atoms with E-state index in [-0.39, 0.29) is 45.6 Å². The number of aliphatic imine (C=N–C) groups is 1. The summed E-state index contributed by atoms with van der Waals surface area (Å²) in [5.41, 5.74) is -1.36. The lowest BCUT2D eigenvalue weighted by atomic mass is 9.71. The van der Waals surface area contributed by atoms with Gasteiger partial charge >= 0.3 is 6.03 Å². The topological polar surface area (TPSA) is 124 Å². The maximum absolute atomic E-state index is 15.3. The van der Waals surface area contributed by atoms with Gasteiger partial charge in [0.05, 0.1) is 17.2 Å². The largest absolute Gasteiger partial charge is 0.493 e. The molecule has 0 aliphatic carbocycles. The molecule has 0 aromatic heterocycles. The molecule has 286 valence electrons. The van der Waals surface area contributed by atoms with Gasteiger partial charge in [0.15, 0.2) is 0 Å². The van der Waals surface area contributed by atoms with Crippen LogP contribution in [0.3, 0.4) is 0 Å². The Morgan fingerprint density at radius 3 is 2.00 bits per heavy atom. The predicted octanol–water partition coefficient (Wildman–Crippen LogP) is 6.89. The van der Waals surface area contributed by atoms with E-state index in [9.17, 15) is 13.2 Å². The lowest BCUT2D eigenvalue weighted by molar-refractivity contribution is -0.119. The Balaban J connectivity index is 1.74. The highest BCUT2D eigenvalue weighted by Crippen LogP contribution is 2.54. The van der Waals surface area contributed by atoms with Crippen LogP contribution in [0.25, 0.3) is 0 Å². The van der Waals surface area contributed by atoms with Crippen LogP contribution in [0.1, 0.15) is 65.2 Å². The van der Waals surface area contributed by atoms with Crippen molar-refractivity contribution in [3.05, 3.63) is 92.4 Å². The number of hydrogen-bond acceptors (Lipinski definition) is 7. The molecule has 3 aromatic rings. The number of halogens is 3. The number of amides is 3. The summed E-state index contributed by atoms with van der Waals surface area (Å²) in [7, 11) is -4.15. The highest BCUT2D eigenvalue weighted by molar-refractivity contribution is 7.89. The van der Waals surface area contributed by atoms with E-state index in [1.165, 1.54) is 19.1 Å². The Bertz CT molecular complexity index is 1980. The molecule has 5 rings (SSSR count). The quantitative estimate of drug-likeness (QED) is 0.230. The normalized spacial score (nSPS) is 21.1. The fraction of sp³-hybridized carbons (Fsp3) is 0.447. The van der Waals surface area contributed by atoms with Gasteiger partial charge in [0, 0.05) is 67.8 Å². The summed E-state index contributed by atoms with van der Waals surface area (Å²) in [6.45, 7) is 15.8. The molecule has 2 heterocycles. The average Bonchev–Trinajstić information content (AvgIpc) is 3.32. The summed E-state index contributed by atoms with van der Waals surface area (Å²) >= 11 is 19.5. The van der Waals surface area contributed by atoms with Crippen LogP contribution in [0.2, 0.25) is 15.1 Å². The highest BCUT2D eigenvalue weighted by Gasteiger charge is 2.60. The zero-order valence-electron chi connectivity index (χ0n) is 31.1. The molecule has 3 amide bonds. The van der Waals surface area contributed by atoms with Crippen LogP contribution < -0.4 is 14.8 Å². The van der Waals surface area contributed by atoms with Crippen molar-refractivity contribution in [1.29, 1.82) is 0 Å². The summed E-state index contributed by atoms with van der Waals surface area (Å²) in [5.74, 6) is 0.388. The summed E-state index contributed by atoms with van der Waals surface area (Å²) in [4.78, 5) is 37.6. The molecule has 3 aromatic carbocycles. The maximum atomic E-state index is 15.3. The van der Waals surface area contributed by atoms with E-state index in [4.69, 9.17) is 44.5 Å². The molecule has 0 spiro atoms. The average molecular weight is 806 g/mol. The first-order valence-electron chi connectivity index (χ1n) is 17.5. The number of hydrogen-bond donors (Lipinski definition) is 2. The molecule has 1 fully saturated rings. The van der Waals surface area contributed by atoms with Crippen LogP contribution in [-0.4, -0.2) is 92.3 Å². The first-order valence-corrected chi connectivity index (χ1v) is 20.1. The summed E-state index contributed by atoms with van der Waals surface area (Å²) in [6, 6.07) is 17.2. The molecule has 1 saturated heterocycles.